The van der Waals surface area contributed by atoms with Crippen molar-refractivity contribution in [2.75, 3.05) is 10.5 Å². The predicted octanol–water partition coefficient (Wildman–Crippen LogP) is 3.22. The summed E-state index contributed by atoms with van der Waals surface area (Å²) in [6.07, 6.45) is -0.831. The van der Waals surface area contributed by atoms with Crippen molar-refractivity contribution in [3.63, 3.8) is 0 Å². The third kappa shape index (κ3) is 5.06. The number of thiophene rings is 1. The second-order valence-electron chi connectivity index (χ2n) is 7.92. The molecule has 1 unspecified atom stereocenters. The van der Waals surface area contributed by atoms with Crippen LogP contribution in [0.4, 0.5) is 10.8 Å². The summed E-state index contributed by atoms with van der Waals surface area (Å²) < 4.78 is 30.3. The van der Waals surface area contributed by atoms with Gasteiger partial charge in [0.05, 0.1) is 28.6 Å². The van der Waals surface area contributed by atoms with Gasteiger partial charge in [0.2, 0.25) is 5.91 Å². The van der Waals surface area contributed by atoms with Crippen LogP contribution in [0.3, 0.4) is 0 Å². The van der Waals surface area contributed by atoms with Crippen molar-refractivity contribution in [1.82, 2.24) is 15.1 Å². The molecule has 34 heavy (non-hydrogen) atoms. The second-order valence-corrected chi connectivity index (χ2v) is 10.9. The molecule has 1 atom stereocenters. The monoisotopic (exact) mass is 499 g/mol. The molecule has 4 aromatic rings. The number of fused-ring (bicyclic) bond motifs is 1. The quantitative estimate of drug-likeness (QED) is 0.294. The molecule has 1 amide bonds. The summed E-state index contributed by atoms with van der Waals surface area (Å²) >= 11 is 0.961. The number of nitrogen functional groups attached to an aromatic ring is 1. The van der Waals surface area contributed by atoms with Crippen LogP contribution in [0.25, 0.3) is 10.9 Å². The smallest absolute Gasteiger partial charge is 0.272 e. The summed E-state index contributed by atoms with van der Waals surface area (Å²) in [5.74, 6) is 0.0198. The van der Waals surface area contributed by atoms with Crippen LogP contribution in [0.5, 0.6) is 0 Å². The molecule has 5 N–H and O–H groups in total. The average molecular weight is 500 g/mol. The maximum atomic E-state index is 13.0. The average Bonchev–Trinajstić information content (AvgIpc) is 3.37. The summed E-state index contributed by atoms with van der Waals surface area (Å²) in [5, 5.41) is 18.6. The van der Waals surface area contributed by atoms with Gasteiger partial charge < -0.3 is 16.2 Å². The molecule has 2 heterocycles. The Morgan fingerprint density at radius 2 is 1.91 bits per heavy atom. The SMILES string of the molecule is CC(=O)NCc1cccc(Cn2nc(NS(=O)(=O)c3ccc(N)s3)c3c(C(C)O)cccc32)c1. The number of amides is 1. The second kappa shape index (κ2) is 9.45. The number of aliphatic hydroxyl groups excluding tert-OH is 1. The largest absolute Gasteiger partial charge is 0.391 e. The maximum absolute atomic E-state index is 13.0. The minimum Gasteiger partial charge on any atom is -0.391 e. The lowest BCUT2D eigenvalue weighted by Crippen LogP contribution is -2.19. The van der Waals surface area contributed by atoms with Gasteiger partial charge in [0, 0.05) is 13.5 Å². The number of anilines is 2. The van der Waals surface area contributed by atoms with E-state index in [1.807, 2.05) is 30.3 Å². The molecule has 0 bridgehead atoms. The fraction of sp³-hybridized carbons (Fsp3) is 0.217. The van der Waals surface area contributed by atoms with Gasteiger partial charge in [0.25, 0.3) is 10.0 Å². The summed E-state index contributed by atoms with van der Waals surface area (Å²) in [4.78, 5) is 11.2. The van der Waals surface area contributed by atoms with Crippen LogP contribution < -0.4 is 15.8 Å². The maximum Gasteiger partial charge on any atom is 0.272 e. The number of carbonyl (C=O) groups is 1. The zero-order valence-electron chi connectivity index (χ0n) is 18.6. The number of aliphatic hydroxyl groups is 1. The van der Waals surface area contributed by atoms with E-state index in [4.69, 9.17) is 5.73 Å². The number of benzene rings is 2. The minimum atomic E-state index is -3.92. The highest BCUT2D eigenvalue weighted by Gasteiger charge is 2.23. The van der Waals surface area contributed by atoms with Crippen LogP contribution in [-0.2, 0) is 27.9 Å². The van der Waals surface area contributed by atoms with Gasteiger partial charge in [0.1, 0.15) is 4.21 Å². The van der Waals surface area contributed by atoms with E-state index < -0.39 is 16.1 Å². The Morgan fingerprint density at radius 3 is 2.59 bits per heavy atom. The molecule has 2 aromatic carbocycles. The van der Waals surface area contributed by atoms with Gasteiger partial charge in [-0.25, -0.2) is 8.42 Å². The minimum absolute atomic E-state index is 0.0768. The number of carbonyl (C=O) groups excluding carboxylic acids is 1. The Balaban J connectivity index is 1.75. The number of nitrogens with one attached hydrogen (secondary N) is 2. The van der Waals surface area contributed by atoms with E-state index >= 15 is 0 Å². The number of aromatic nitrogens is 2. The molecule has 0 saturated carbocycles. The Morgan fingerprint density at radius 1 is 1.18 bits per heavy atom. The first kappa shape index (κ1) is 23.7. The zero-order chi connectivity index (χ0) is 24.5. The number of rotatable bonds is 8. The molecule has 178 valence electrons. The Bertz CT molecular complexity index is 1460. The molecule has 0 aliphatic carbocycles. The van der Waals surface area contributed by atoms with Gasteiger partial charge in [0.15, 0.2) is 5.82 Å². The molecule has 2 aromatic heterocycles. The molecule has 0 aliphatic rings. The standard InChI is InChI=1S/C23H25N5O4S2/c1-14(29)18-7-4-8-19-22(18)23(27-34(31,32)21-10-9-20(24)33-21)26-28(19)13-17-6-3-5-16(11-17)12-25-15(2)30/h3-11,14,29H,12-13,24H2,1-2H3,(H,25,30)(H,26,27). The third-order valence-electron chi connectivity index (χ3n) is 5.22. The fourth-order valence-corrected chi connectivity index (χ4v) is 5.79. The van der Waals surface area contributed by atoms with Crippen molar-refractivity contribution in [1.29, 1.82) is 0 Å². The molecule has 0 spiro atoms. The van der Waals surface area contributed by atoms with Gasteiger partial charge in [-0.3, -0.25) is 14.2 Å². The molecule has 0 aliphatic heterocycles. The highest BCUT2D eigenvalue weighted by molar-refractivity contribution is 7.94. The van der Waals surface area contributed by atoms with Crippen LogP contribution in [0, 0.1) is 0 Å². The van der Waals surface area contributed by atoms with Crippen LogP contribution in [0.15, 0.2) is 58.8 Å². The van der Waals surface area contributed by atoms with E-state index in [2.05, 4.69) is 15.1 Å². The number of nitrogens with two attached hydrogens (primary N) is 1. The van der Waals surface area contributed by atoms with Crippen molar-refractivity contribution >= 4 is 49.0 Å². The van der Waals surface area contributed by atoms with Gasteiger partial charge in [-0.2, -0.15) is 5.10 Å². The van der Waals surface area contributed by atoms with E-state index in [1.165, 1.54) is 19.1 Å². The highest BCUT2D eigenvalue weighted by atomic mass is 32.2. The van der Waals surface area contributed by atoms with Gasteiger partial charge in [-0.15, -0.1) is 11.3 Å². The first-order valence-electron chi connectivity index (χ1n) is 10.5. The van der Waals surface area contributed by atoms with Crippen molar-refractivity contribution < 1.29 is 18.3 Å². The van der Waals surface area contributed by atoms with Gasteiger partial charge in [-0.1, -0.05) is 36.4 Å². The summed E-state index contributed by atoms with van der Waals surface area (Å²) in [6.45, 7) is 3.86. The van der Waals surface area contributed by atoms with Crippen molar-refractivity contribution in [3.8, 4) is 0 Å². The first-order chi connectivity index (χ1) is 16.1. The van der Waals surface area contributed by atoms with Crippen LogP contribution in [0.2, 0.25) is 0 Å². The Kier molecular flexibility index (Phi) is 6.60. The lowest BCUT2D eigenvalue weighted by molar-refractivity contribution is -0.119. The van der Waals surface area contributed by atoms with Crippen LogP contribution >= 0.6 is 11.3 Å². The number of hydrogen-bond acceptors (Lipinski definition) is 7. The Labute approximate surface area is 201 Å². The van der Waals surface area contributed by atoms with E-state index in [9.17, 15) is 18.3 Å². The van der Waals surface area contributed by atoms with E-state index in [0.29, 0.717) is 34.6 Å². The van der Waals surface area contributed by atoms with Gasteiger partial charge >= 0.3 is 0 Å². The fourth-order valence-electron chi connectivity index (χ4n) is 3.69. The van der Waals surface area contributed by atoms with Crippen molar-refractivity contribution in [2.45, 2.75) is 37.3 Å². The van der Waals surface area contributed by atoms with E-state index in [0.717, 1.165) is 22.5 Å². The third-order valence-corrected chi connectivity index (χ3v) is 7.97. The van der Waals surface area contributed by atoms with Crippen molar-refractivity contribution in [3.05, 3.63) is 71.3 Å². The van der Waals surface area contributed by atoms with Crippen molar-refractivity contribution in [2.24, 2.45) is 0 Å². The first-order valence-corrected chi connectivity index (χ1v) is 12.8. The molecular formula is C23H25N5O4S2. The Hall–Kier alpha value is -3.41. The molecule has 4 rings (SSSR count). The highest BCUT2D eigenvalue weighted by Crippen LogP contribution is 2.33. The molecule has 0 radical (unpaired) electrons. The lowest BCUT2D eigenvalue weighted by Gasteiger charge is -2.09. The normalized spacial score (nSPS) is 12.6. The van der Waals surface area contributed by atoms with Gasteiger partial charge in [-0.05, 0) is 41.8 Å². The lowest BCUT2D eigenvalue weighted by atomic mass is 10.1. The molecule has 0 fully saturated rings. The predicted molar refractivity (Wildman–Crippen MR) is 133 cm³/mol. The number of nitrogens with zero attached hydrogens (tertiary/aromatic N) is 2. The molecule has 11 heteroatoms. The van der Waals surface area contributed by atoms with E-state index in [1.54, 1.807) is 23.7 Å². The summed E-state index contributed by atoms with van der Waals surface area (Å²) in [7, 11) is -3.92. The zero-order valence-corrected chi connectivity index (χ0v) is 20.3. The molecule has 9 nitrogen and oxygen atoms in total. The topological polar surface area (TPSA) is 139 Å². The summed E-state index contributed by atoms with van der Waals surface area (Å²) in [5.41, 5.74) is 8.81. The molecular weight excluding hydrogens is 474 g/mol. The molecule has 0 saturated heterocycles. The number of hydrogen-bond donors (Lipinski definition) is 4. The summed E-state index contributed by atoms with van der Waals surface area (Å²) in [6, 6.07) is 16.0. The number of sulfonamides is 1. The van der Waals surface area contributed by atoms with Crippen LogP contribution in [0.1, 0.15) is 36.6 Å². The van der Waals surface area contributed by atoms with Crippen LogP contribution in [-0.4, -0.2) is 29.2 Å². The van der Waals surface area contributed by atoms with E-state index in [-0.39, 0.29) is 15.9 Å².